The minimum Gasteiger partial charge on any atom is -0.496 e. The van der Waals surface area contributed by atoms with Crippen molar-refractivity contribution in [2.45, 2.75) is 6.42 Å². The maximum absolute atomic E-state index is 12.5. The van der Waals surface area contributed by atoms with Gasteiger partial charge in [0.25, 0.3) is 5.91 Å². The van der Waals surface area contributed by atoms with Crippen molar-refractivity contribution in [2.24, 2.45) is 5.92 Å². The number of amides is 1. The van der Waals surface area contributed by atoms with E-state index >= 15 is 0 Å². The van der Waals surface area contributed by atoms with E-state index in [1.54, 1.807) is 17.4 Å². The minimum atomic E-state index is -0.853. The summed E-state index contributed by atoms with van der Waals surface area (Å²) in [6.45, 7) is 0.701. The molecule has 120 valence electrons. The molecular formula is C16H16N2O4S. The molecule has 7 heteroatoms. The summed E-state index contributed by atoms with van der Waals surface area (Å²) in [5.74, 6) is -0.848. The number of methoxy groups -OCH3 is 1. The highest BCUT2D eigenvalue weighted by atomic mass is 32.1. The maximum atomic E-state index is 12.5. The van der Waals surface area contributed by atoms with Gasteiger partial charge in [0, 0.05) is 18.5 Å². The fraction of sp³-hybridized carbons (Fsp3) is 0.312. The van der Waals surface area contributed by atoms with Crippen LogP contribution in [0, 0.1) is 5.92 Å². The molecule has 6 nitrogen and oxygen atoms in total. The van der Waals surface area contributed by atoms with Gasteiger partial charge in [-0.2, -0.15) is 0 Å². The van der Waals surface area contributed by atoms with Crippen LogP contribution in [0.5, 0.6) is 5.75 Å². The van der Waals surface area contributed by atoms with Gasteiger partial charge in [0.1, 0.15) is 16.5 Å². The summed E-state index contributed by atoms with van der Waals surface area (Å²) >= 11 is 1.37. The fourth-order valence-corrected chi connectivity index (χ4v) is 3.45. The van der Waals surface area contributed by atoms with E-state index in [1.807, 2.05) is 24.3 Å². The van der Waals surface area contributed by atoms with Crippen LogP contribution in [-0.2, 0) is 4.79 Å². The van der Waals surface area contributed by atoms with Crippen LogP contribution in [0.4, 0.5) is 0 Å². The maximum Gasteiger partial charge on any atom is 0.308 e. The largest absolute Gasteiger partial charge is 0.496 e. The van der Waals surface area contributed by atoms with E-state index in [1.165, 1.54) is 11.3 Å². The molecule has 2 aromatic rings. The topological polar surface area (TPSA) is 79.7 Å². The number of hydrogen-bond acceptors (Lipinski definition) is 5. The molecule has 0 unspecified atom stereocenters. The summed E-state index contributed by atoms with van der Waals surface area (Å²) in [6, 6.07) is 7.50. The molecule has 0 radical (unpaired) electrons. The van der Waals surface area contributed by atoms with Gasteiger partial charge in [-0.05, 0) is 18.6 Å². The van der Waals surface area contributed by atoms with Gasteiger partial charge in [-0.25, -0.2) is 4.98 Å². The summed E-state index contributed by atoms with van der Waals surface area (Å²) in [7, 11) is 1.59. The van der Waals surface area contributed by atoms with E-state index in [4.69, 9.17) is 9.84 Å². The average Bonchev–Trinajstić information content (AvgIpc) is 3.23. The van der Waals surface area contributed by atoms with Gasteiger partial charge in [0.15, 0.2) is 0 Å². The quantitative estimate of drug-likeness (QED) is 0.930. The average molecular weight is 332 g/mol. The van der Waals surface area contributed by atoms with Crippen molar-refractivity contribution in [2.75, 3.05) is 20.2 Å². The van der Waals surface area contributed by atoms with Crippen LogP contribution in [0.3, 0.4) is 0 Å². The first-order valence-electron chi connectivity index (χ1n) is 7.21. The van der Waals surface area contributed by atoms with Crippen LogP contribution >= 0.6 is 11.3 Å². The number of carbonyl (C=O) groups excluding carboxylic acids is 1. The zero-order valence-electron chi connectivity index (χ0n) is 12.6. The second kappa shape index (κ2) is 6.37. The molecular weight excluding hydrogens is 316 g/mol. The van der Waals surface area contributed by atoms with Crippen molar-refractivity contribution in [1.29, 1.82) is 0 Å². The fourth-order valence-electron chi connectivity index (χ4n) is 2.63. The summed E-state index contributed by atoms with van der Waals surface area (Å²) in [6.07, 6.45) is 0.491. The highest BCUT2D eigenvalue weighted by Crippen LogP contribution is 2.32. The van der Waals surface area contributed by atoms with Crippen LogP contribution in [0.25, 0.3) is 10.6 Å². The number of aromatic nitrogens is 1. The van der Waals surface area contributed by atoms with Crippen LogP contribution < -0.4 is 4.74 Å². The van der Waals surface area contributed by atoms with Crippen LogP contribution in [-0.4, -0.2) is 47.1 Å². The van der Waals surface area contributed by atoms with E-state index in [9.17, 15) is 9.59 Å². The number of nitrogens with zero attached hydrogens (tertiary/aromatic N) is 2. The van der Waals surface area contributed by atoms with E-state index < -0.39 is 11.9 Å². The minimum absolute atomic E-state index is 0.217. The lowest BCUT2D eigenvalue weighted by atomic mass is 10.1. The molecule has 1 aliphatic heterocycles. The molecule has 0 bridgehead atoms. The molecule has 1 aliphatic rings. The van der Waals surface area contributed by atoms with Crippen molar-refractivity contribution in [3.05, 3.63) is 35.3 Å². The summed E-state index contributed by atoms with van der Waals surface area (Å²) in [4.78, 5) is 29.4. The lowest BCUT2D eigenvalue weighted by Crippen LogP contribution is -2.30. The number of para-hydroxylation sites is 1. The van der Waals surface area contributed by atoms with E-state index in [0.29, 0.717) is 29.4 Å². The first-order valence-corrected chi connectivity index (χ1v) is 8.09. The molecule has 1 fully saturated rings. The molecule has 0 aliphatic carbocycles. The zero-order valence-corrected chi connectivity index (χ0v) is 13.4. The molecule has 1 N–H and O–H groups in total. The number of carboxylic acids is 1. The van der Waals surface area contributed by atoms with Crippen LogP contribution in [0.1, 0.15) is 16.9 Å². The number of carbonyl (C=O) groups is 2. The Kier molecular flexibility index (Phi) is 4.29. The Morgan fingerprint density at radius 3 is 2.87 bits per heavy atom. The molecule has 1 atom stereocenters. The zero-order chi connectivity index (χ0) is 16.4. The predicted octanol–water partition coefficient (Wildman–Crippen LogP) is 2.37. The van der Waals surface area contributed by atoms with E-state index in [0.717, 1.165) is 5.56 Å². The summed E-state index contributed by atoms with van der Waals surface area (Å²) < 4.78 is 5.32. The van der Waals surface area contributed by atoms with Gasteiger partial charge in [0.05, 0.1) is 18.6 Å². The molecule has 1 saturated heterocycles. The molecule has 1 amide bonds. The molecule has 1 aromatic heterocycles. The number of benzene rings is 1. The molecule has 0 saturated carbocycles. The number of carboxylic acid groups (broad SMARTS) is 1. The number of thiazole rings is 1. The standard InChI is InChI=1S/C16H16N2O4S/c1-22-13-5-3-2-4-11(13)14-17-12(9-23-14)15(19)18-7-6-10(8-18)16(20)21/h2-5,9-10H,6-8H2,1H3,(H,20,21)/t10-/m0/s1. The number of aliphatic carboxylic acids is 1. The highest BCUT2D eigenvalue weighted by molar-refractivity contribution is 7.13. The van der Waals surface area contributed by atoms with Crippen molar-refractivity contribution in [3.8, 4) is 16.3 Å². The van der Waals surface area contributed by atoms with Gasteiger partial charge < -0.3 is 14.7 Å². The van der Waals surface area contributed by atoms with E-state index in [2.05, 4.69) is 4.98 Å². The molecule has 3 rings (SSSR count). The highest BCUT2D eigenvalue weighted by Gasteiger charge is 2.32. The Balaban J connectivity index is 1.79. The van der Waals surface area contributed by atoms with Gasteiger partial charge in [-0.1, -0.05) is 12.1 Å². The monoisotopic (exact) mass is 332 g/mol. The van der Waals surface area contributed by atoms with Crippen molar-refractivity contribution < 1.29 is 19.4 Å². The van der Waals surface area contributed by atoms with Gasteiger partial charge in [-0.3, -0.25) is 9.59 Å². The lowest BCUT2D eigenvalue weighted by Gasteiger charge is -2.13. The predicted molar refractivity (Wildman–Crippen MR) is 85.7 cm³/mol. The number of hydrogen-bond donors (Lipinski definition) is 1. The second-order valence-electron chi connectivity index (χ2n) is 5.31. The summed E-state index contributed by atoms with van der Waals surface area (Å²) in [5.41, 5.74) is 1.19. The molecule has 0 spiro atoms. The van der Waals surface area contributed by atoms with Crippen LogP contribution in [0.2, 0.25) is 0 Å². The van der Waals surface area contributed by atoms with Crippen molar-refractivity contribution >= 4 is 23.2 Å². The van der Waals surface area contributed by atoms with Gasteiger partial charge in [-0.15, -0.1) is 11.3 Å². The van der Waals surface area contributed by atoms with Crippen molar-refractivity contribution in [1.82, 2.24) is 9.88 Å². The van der Waals surface area contributed by atoms with Gasteiger partial charge >= 0.3 is 5.97 Å². The number of ether oxygens (including phenoxy) is 1. The van der Waals surface area contributed by atoms with Crippen LogP contribution in [0.15, 0.2) is 29.6 Å². The third kappa shape index (κ3) is 3.05. The second-order valence-corrected chi connectivity index (χ2v) is 6.17. The van der Waals surface area contributed by atoms with E-state index in [-0.39, 0.29) is 12.5 Å². The Bertz CT molecular complexity index is 743. The summed E-state index contributed by atoms with van der Waals surface area (Å²) in [5, 5.41) is 11.4. The Hall–Kier alpha value is -2.41. The smallest absolute Gasteiger partial charge is 0.308 e. The molecule has 1 aromatic carbocycles. The first kappa shape index (κ1) is 15.5. The Morgan fingerprint density at radius 2 is 2.17 bits per heavy atom. The normalized spacial score (nSPS) is 17.3. The van der Waals surface area contributed by atoms with Crippen molar-refractivity contribution in [3.63, 3.8) is 0 Å². The third-order valence-electron chi connectivity index (χ3n) is 3.89. The third-order valence-corrected chi connectivity index (χ3v) is 4.76. The lowest BCUT2D eigenvalue weighted by molar-refractivity contribution is -0.141. The first-order chi connectivity index (χ1) is 11.1. The number of rotatable bonds is 4. The Morgan fingerprint density at radius 1 is 1.39 bits per heavy atom. The number of likely N-dealkylation sites (tertiary alicyclic amines) is 1. The van der Waals surface area contributed by atoms with Gasteiger partial charge in [0.2, 0.25) is 0 Å². The molecule has 2 heterocycles. The SMILES string of the molecule is COc1ccccc1-c1nc(C(=O)N2CC[C@H](C(=O)O)C2)cs1. The Labute approximate surface area is 137 Å². The molecule has 23 heavy (non-hydrogen) atoms.